The Morgan fingerprint density at radius 3 is 2.79 bits per heavy atom. The van der Waals surface area contributed by atoms with Gasteiger partial charge >= 0.3 is 6.03 Å². The first-order valence-corrected chi connectivity index (χ1v) is 5.84. The predicted octanol–water partition coefficient (Wildman–Crippen LogP) is 1.36. The van der Waals surface area contributed by atoms with E-state index in [9.17, 15) is 18.4 Å². The van der Waals surface area contributed by atoms with E-state index in [2.05, 4.69) is 16.0 Å². The molecule has 1 aliphatic rings. The van der Waals surface area contributed by atoms with E-state index >= 15 is 0 Å². The first-order valence-electron chi connectivity index (χ1n) is 5.84. The lowest BCUT2D eigenvalue weighted by Crippen LogP contribution is -2.48. The van der Waals surface area contributed by atoms with Gasteiger partial charge in [-0.3, -0.25) is 4.79 Å². The van der Waals surface area contributed by atoms with Crippen LogP contribution in [0, 0.1) is 11.6 Å². The van der Waals surface area contributed by atoms with Crippen LogP contribution >= 0.6 is 0 Å². The fourth-order valence-corrected chi connectivity index (χ4v) is 1.79. The monoisotopic (exact) mass is 269 g/mol. The summed E-state index contributed by atoms with van der Waals surface area (Å²) in [5.74, 6) is -1.60. The molecular weight excluding hydrogens is 256 g/mol. The Labute approximate surface area is 108 Å². The zero-order valence-corrected chi connectivity index (χ0v) is 10.0. The minimum atomic E-state index is -0.841. The van der Waals surface area contributed by atoms with E-state index in [0.717, 1.165) is 12.1 Å². The van der Waals surface area contributed by atoms with Crippen molar-refractivity contribution in [3.05, 3.63) is 29.8 Å². The van der Waals surface area contributed by atoms with E-state index in [-0.39, 0.29) is 17.6 Å². The molecule has 0 aliphatic carbocycles. The summed E-state index contributed by atoms with van der Waals surface area (Å²) < 4.78 is 26.0. The molecule has 1 fully saturated rings. The molecule has 2 rings (SSSR count). The number of hydrogen-bond donors (Lipinski definition) is 3. The summed E-state index contributed by atoms with van der Waals surface area (Å²) in [4.78, 5) is 22.5. The van der Waals surface area contributed by atoms with Crippen molar-refractivity contribution in [1.82, 2.24) is 10.6 Å². The Kier molecular flexibility index (Phi) is 3.94. The molecule has 0 bridgehead atoms. The van der Waals surface area contributed by atoms with Crippen LogP contribution in [0.1, 0.15) is 12.8 Å². The lowest BCUT2D eigenvalue weighted by Gasteiger charge is -2.23. The molecule has 0 unspecified atom stereocenters. The highest BCUT2D eigenvalue weighted by Gasteiger charge is 2.19. The van der Waals surface area contributed by atoms with Gasteiger partial charge < -0.3 is 16.0 Å². The van der Waals surface area contributed by atoms with E-state index < -0.39 is 17.7 Å². The number of nitrogens with one attached hydrogen (secondary N) is 3. The van der Waals surface area contributed by atoms with Crippen LogP contribution in [0.15, 0.2) is 18.2 Å². The maximum absolute atomic E-state index is 13.3. The van der Waals surface area contributed by atoms with Crippen LogP contribution in [0.5, 0.6) is 0 Å². The number of urea groups is 1. The van der Waals surface area contributed by atoms with Gasteiger partial charge in [-0.2, -0.15) is 0 Å². The molecule has 1 atom stereocenters. The van der Waals surface area contributed by atoms with Gasteiger partial charge in [-0.25, -0.2) is 13.6 Å². The highest BCUT2D eigenvalue weighted by molar-refractivity contribution is 5.89. The molecule has 3 N–H and O–H groups in total. The number of hydrogen-bond acceptors (Lipinski definition) is 2. The Hall–Kier alpha value is -2.18. The summed E-state index contributed by atoms with van der Waals surface area (Å²) in [6, 6.07) is 2.11. The molecule has 0 spiro atoms. The normalized spacial score (nSPS) is 18.6. The van der Waals surface area contributed by atoms with Crippen LogP contribution < -0.4 is 16.0 Å². The van der Waals surface area contributed by atoms with Gasteiger partial charge in [0.1, 0.15) is 11.6 Å². The van der Waals surface area contributed by atoms with Gasteiger partial charge in [0.05, 0.1) is 5.69 Å². The third kappa shape index (κ3) is 3.64. The summed E-state index contributed by atoms with van der Waals surface area (Å²) in [6.45, 7) is 0.345. The van der Waals surface area contributed by atoms with Gasteiger partial charge in [-0.15, -0.1) is 0 Å². The molecule has 1 aromatic carbocycles. The second-order valence-electron chi connectivity index (χ2n) is 4.26. The highest BCUT2D eigenvalue weighted by atomic mass is 19.1. The van der Waals surface area contributed by atoms with Crippen LogP contribution in [-0.4, -0.2) is 24.5 Å². The lowest BCUT2D eigenvalue weighted by atomic mass is 10.1. The van der Waals surface area contributed by atoms with Crippen molar-refractivity contribution < 1.29 is 18.4 Å². The van der Waals surface area contributed by atoms with Gasteiger partial charge in [-0.1, -0.05) is 0 Å². The molecule has 3 amide bonds. The van der Waals surface area contributed by atoms with E-state index in [1.165, 1.54) is 0 Å². The Morgan fingerprint density at radius 2 is 2.16 bits per heavy atom. The molecule has 0 radical (unpaired) electrons. The second-order valence-corrected chi connectivity index (χ2v) is 4.26. The SMILES string of the molecule is O=C1CC[C@H](NC(=O)Nc2ccc(F)cc2F)CN1. The summed E-state index contributed by atoms with van der Waals surface area (Å²) >= 11 is 0. The Bertz CT molecular complexity index is 498. The van der Waals surface area contributed by atoms with Crippen molar-refractivity contribution in [2.75, 3.05) is 11.9 Å². The number of benzene rings is 1. The molecule has 1 saturated heterocycles. The molecule has 0 saturated carbocycles. The van der Waals surface area contributed by atoms with Crippen LogP contribution in [-0.2, 0) is 4.79 Å². The van der Waals surface area contributed by atoms with Crippen LogP contribution in [0.3, 0.4) is 0 Å². The zero-order valence-electron chi connectivity index (χ0n) is 10.0. The highest BCUT2D eigenvalue weighted by Crippen LogP contribution is 2.14. The molecule has 7 heteroatoms. The van der Waals surface area contributed by atoms with Gasteiger partial charge in [0.2, 0.25) is 5.91 Å². The number of piperidine rings is 1. The van der Waals surface area contributed by atoms with Crippen molar-refractivity contribution >= 4 is 17.6 Å². The topological polar surface area (TPSA) is 70.2 Å². The molecule has 1 aliphatic heterocycles. The molecular formula is C12H13F2N3O2. The fraction of sp³-hybridized carbons (Fsp3) is 0.333. The Balaban J connectivity index is 1.89. The van der Waals surface area contributed by atoms with Crippen molar-refractivity contribution in [1.29, 1.82) is 0 Å². The summed E-state index contributed by atoms with van der Waals surface area (Å²) in [6.07, 6.45) is 0.876. The maximum atomic E-state index is 13.3. The van der Waals surface area contributed by atoms with Gasteiger partial charge in [0.15, 0.2) is 0 Å². The standard InChI is InChI=1S/C12H13F2N3O2/c13-7-1-3-10(9(14)5-7)17-12(19)16-8-2-4-11(18)15-6-8/h1,3,5,8H,2,4,6H2,(H,15,18)(H2,16,17,19)/t8-/m0/s1. The molecule has 0 aromatic heterocycles. The van der Waals surface area contributed by atoms with Gasteiger partial charge in [-0.05, 0) is 18.6 Å². The van der Waals surface area contributed by atoms with Crippen molar-refractivity contribution in [3.63, 3.8) is 0 Å². The van der Waals surface area contributed by atoms with E-state index in [4.69, 9.17) is 0 Å². The van der Waals surface area contributed by atoms with E-state index in [0.29, 0.717) is 25.5 Å². The number of halogens is 2. The molecule has 1 aromatic rings. The van der Waals surface area contributed by atoms with E-state index in [1.54, 1.807) is 0 Å². The number of carbonyl (C=O) groups excluding carboxylic acids is 2. The first-order chi connectivity index (χ1) is 9.04. The third-order valence-electron chi connectivity index (χ3n) is 2.78. The number of amides is 3. The Morgan fingerprint density at radius 1 is 1.37 bits per heavy atom. The van der Waals surface area contributed by atoms with Crippen LogP contribution in [0.4, 0.5) is 19.3 Å². The van der Waals surface area contributed by atoms with Crippen molar-refractivity contribution in [2.45, 2.75) is 18.9 Å². The quantitative estimate of drug-likeness (QED) is 0.758. The molecule has 19 heavy (non-hydrogen) atoms. The number of carbonyl (C=O) groups is 2. The number of rotatable bonds is 2. The second kappa shape index (κ2) is 5.64. The maximum Gasteiger partial charge on any atom is 0.319 e. The van der Waals surface area contributed by atoms with Crippen LogP contribution in [0.25, 0.3) is 0 Å². The minimum absolute atomic E-state index is 0.0527. The first kappa shape index (κ1) is 13.3. The van der Waals surface area contributed by atoms with Gasteiger partial charge in [0.25, 0.3) is 0 Å². The largest absolute Gasteiger partial charge is 0.354 e. The molecule has 5 nitrogen and oxygen atoms in total. The van der Waals surface area contributed by atoms with Gasteiger partial charge in [0, 0.05) is 25.1 Å². The van der Waals surface area contributed by atoms with Crippen LogP contribution in [0.2, 0.25) is 0 Å². The average molecular weight is 269 g/mol. The number of anilines is 1. The minimum Gasteiger partial charge on any atom is -0.354 e. The molecule has 1 heterocycles. The summed E-state index contributed by atoms with van der Waals surface area (Å²) in [7, 11) is 0. The summed E-state index contributed by atoms with van der Waals surface area (Å²) in [5, 5.41) is 7.51. The van der Waals surface area contributed by atoms with Crippen molar-refractivity contribution in [3.8, 4) is 0 Å². The van der Waals surface area contributed by atoms with E-state index in [1.807, 2.05) is 0 Å². The van der Waals surface area contributed by atoms with Crippen molar-refractivity contribution in [2.24, 2.45) is 0 Å². The fourth-order valence-electron chi connectivity index (χ4n) is 1.79. The third-order valence-corrected chi connectivity index (χ3v) is 2.78. The lowest BCUT2D eigenvalue weighted by molar-refractivity contribution is -0.122. The summed E-state index contributed by atoms with van der Waals surface area (Å²) in [5.41, 5.74) is -0.0984. The predicted molar refractivity (Wildman–Crippen MR) is 64.5 cm³/mol. The molecule has 102 valence electrons. The zero-order chi connectivity index (χ0) is 13.8. The average Bonchev–Trinajstić information content (AvgIpc) is 2.36. The smallest absolute Gasteiger partial charge is 0.319 e.